The number of hydrogen-bond acceptors (Lipinski definition) is 3. The maximum Gasteiger partial charge on any atom is 0.323 e. The Hall–Kier alpha value is -2.54. The first-order chi connectivity index (χ1) is 11.5. The number of aromatic nitrogens is 2. The molecule has 0 aliphatic carbocycles. The highest BCUT2D eigenvalue weighted by Crippen LogP contribution is 2.35. The SMILES string of the molecule is CC1CCc2ccccc2N1S(=O)(=O)c1ccc2[nH]c(=O)[nH]c2c1. The van der Waals surface area contributed by atoms with Gasteiger partial charge in [-0.05, 0) is 49.6 Å². The van der Waals surface area contributed by atoms with E-state index in [0.717, 1.165) is 24.1 Å². The number of fused-ring (bicyclic) bond motifs is 2. The van der Waals surface area contributed by atoms with Crippen LogP contribution in [0.1, 0.15) is 18.9 Å². The van der Waals surface area contributed by atoms with E-state index in [9.17, 15) is 13.2 Å². The lowest BCUT2D eigenvalue weighted by Crippen LogP contribution is -2.42. The molecule has 2 aromatic carbocycles. The molecule has 0 saturated carbocycles. The van der Waals surface area contributed by atoms with Gasteiger partial charge in [0.05, 0.1) is 21.6 Å². The molecule has 1 aliphatic rings. The van der Waals surface area contributed by atoms with Gasteiger partial charge in [-0.1, -0.05) is 18.2 Å². The van der Waals surface area contributed by atoms with E-state index >= 15 is 0 Å². The summed E-state index contributed by atoms with van der Waals surface area (Å²) in [5.74, 6) is 0. The van der Waals surface area contributed by atoms with Crippen LogP contribution in [0.3, 0.4) is 0 Å². The Labute approximate surface area is 139 Å². The number of anilines is 1. The van der Waals surface area contributed by atoms with Gasteiger partial charge in [-0.3, -0.25) is 4.31 Å². The normalized spacial score (nSPS) is 17.9. The van der Waals surface area contributed by atoms with Crippen molar-refractivity contribution in [1.82, 2.24) is 9.97 Å². The molecule has 0 fully saturated rings. The molecule has 0 spiro atoms. The number of para-hydroxylation sites is 1. The summed E-state index contributed by atoms with van der Waals surface area (Å²) in [6.07, 6.45) is 1.65. The minimum Gasteiger partial charge on any atom is -0.306 e. The molecule has 4 rings (SSSR count). The Morgan fingerprint density at radius 1 is 1.08 bits per heavy atom. The van der Waals surface area contributed by atoms with Gasteiger partial charge in [0.2, 0.25) is 0 Å². The summed E-state index contributed by atoms with van der Waals surface area (Å²) in [5, 5.41) is 0. The van der Waals surface area contributed by atoms with Gasteiger partial charge >= 0.3 is 5.69 Å². The highest BCUT2D eigenvalue weighted by atomic mass is 32.2. The molecule has 0 radical (unpaired) electrons. The Morgan fingerprint density at radius 3 is 2.67 bits per heavy atom. The van der Waals surface area contributed by atoms with Crippen molar-refractivity contribution in [2.75, 3.05) is 4.31 Å². The lowest BCUT2D eigenvalue weighted by Gasteiger charge is -2.36. The zero-order valence-electron chi connectivity index (χ0n) is 13.1. The zero-order chi connectivity index (χ0) is 16.9. The summed E-state index contributed by atoms with van der Waals surface area (Å²) in [7, 11) is -3.71. The highest BCUT2D eigenvalue weighted by molar-refractivity contribution is 7.92. The number of rotatable bonds is 2. The van der Waals surface area contributed by atoms with Crippen LogP contribution in [-0.4, -0.2) is 24.4 Å². The molecule has 3 aromatic rings. The number of nitrogens with one attached hydrogen (secondary N) is 2. The number of nitrogens with zero attached hydrogens (tertiary/aromatic N) is 1. The van der Waals surface area contributed by atoms with Crippen molar-refractivity contribution in [3.8, 4) is 0 Å². The summed E-state index contributed by atoms with van der Waals surface area (Å²) < 4.78 is 28.0. The number of benzene rings is 2. The standard InChI is InChI=1S/C17H17N3O3S/c1-11-6-7-12-4-2-3-5-16(12)20(11)24(22,23)13-8-9-14-15(10-13)19-17(21)18-14/h2-5,8-11H,6-7H2,1H3,(H2,18,19,21). The van der Waals surface area contributed by atoms with Gasteiger partial charge in [-0.15, -0.1) is 0 Å². The number of hydrogen-bond donors (Lipinski definition) is 2. The van der Waals surface area contributed by atoms with Crippen molar-refractivity contribution in [2.24, 2.45) is 0 Å². The van der Waals surface area contributed by atoms with Crippen LogP contribution in [0.15, 0.2) is 52.2 Å². The molecule has 1 aromatic heterocycles. The number of aromatic amines is 2. The van der Waals surface area contributed by atoms with E-state index < -0.39 is 10.0 Å². The summed E-state index contributed by atoms with van der Waals surface area (Å²) in [5.41, 5.74) is 2.50. The quantitative estimate of drug-likeness (QED) is 0.749. The molecule has 0 amide bonds. The van der Waals surface area contributed by atoms with Gasteiger partial charge in [0.25, 0.3) is 10.0 Å². The topological polar surface area (TPSA) is 86.0 Å². The van der Waals surface area contributed by atoms with Crippen LogP contribution >= 0.6 is 0 Å². The maximum absolute atomic E-state index is 13.2. The number of H-pyrrole nitrogens is 2. The molecule has 2 N–H and O–H groups in total. The maximum atomic E-state index is 13.2. The molecule has 0 saturated heterocycles. The fourth-order valence-corrected chi connectivity index (χ4v) is 5.06. The van der Waals surface area contributed by atoms with Gasteiger partial charge in [-0.2, -0.15) is 0 Å². The molecular weight excluding hydrogens is 326 g/mol. The minimum absolute atomic E-state index is 0.120. The van der Waals surface area contributed by atoms with Gasteiger partial charge < -0.3 is 9.97 Å². The lowest BCUT2D eigenvalue weighted by molar-refractivity contribution is 0.563. The van der Waals surface area contributed by atoms with E-state index in [-0.39, 0.29) is 16.6 Å². The van der Waals surface area contributed by atoms with E-state index in [1.165, 1.54) is 16.4 Å². The average molecular weight is 343 g/mol. The van der Waals surface area contributed by atoms with E-state index in [2.05, 4.69) is 9.97 Å². The van der Waals surface area contributed by atoms with Crippen molar-refractivity contribution in [2.45, 2.75) is 30.7 Å². The predicted molar refractivity (Wildman–Crippen MR) is 92.8 cm³/mol. The zero-order valence-corrected chi connectivity index (χ0v) is 13.9. The summed E-state index contributed by atoms with van der Waals surface area (Å²) in [6.45, 7) is 1.92. The van der Waals surface area contributed by atoms with Crippen molar-refractivity contribution >= 4 is 26.7 Å². The second-order valence-electron chi connectivity index (χ2n) is 6.10. The number of aryl methyl sites for hydroxylation is 1. The first-order valence-corrected chi connectivity index (χ1v) is 9.25. The van der Waals surface area contributed by atoms with Crippen LogP contribution < -0.4 is 9.99 Å². The van der Waals surface area contributed by atoms with E-state index in [0.29, 0.717) is 11.0 Å². The number of sulfonamides is 1. The number of imidazole rings is 1. The lowest BCUT2D eigenvalue weighted by atomic mass is 9.99. The van der Waals surface area contributed by atoms with E-state index in [4.69, 9.17) is 0 Å². The third kappa shape index (κ3) is 2.24. The summed E-state index contributed by atoms with van der Waals surface area (Å²) in [6, 6.07) is 12.1. The Kier molecular flexibility index (Phi) is 3.28. The molecule has 2 heterocycles. The van der Waals surface area contributed by atoms with Crippen LogP contribution in [0.2, 0.25) is 0 Å². The first kappa shape index (κ1) is 15.0. The van der Waals surface area contributed by atoms with Crippen molar-refractivity contribution < 1.29 is 8.42 Å². The van der Waals surface area contributed by atoms with E-state index in [1.54, 1.807) is 6.07 Å². The Bertz CT molecular complexity index is 1080. The van der Waals surface area contributed by atoms with Crippen LogP contribution in [0.4, 0.5) is 5.69 Å². The second kappa shape index (κ2) is 5.24. The van der Waals surface area contributed by atoms with Crippen LogP contribution in [-0.2, 0) is 16.4 Å². The van der Waals surface area contributed by atoms with Gasteiger partial charge in [0.1, 0.15) is 0 Å². The van der Waals surface area contributed by atoms with Crippen molar-refractivity contribution in [3.05, 3.63) is 58.5 Å². The minimum atomic E-state index is -3.71. The molecular formula is C17H17N3O3S. The second-order valence-corrected chi connectivity index (χ2v) is 7.92. The first-order valence-electron chi connectivity index (χ1n) is 7.81. The van der Waals surface area contributed by atoms with Gasteiger partial charge in [0.15, 0.2) is 0 Å². The Morgan fingerprint density at radius 2 is 1.83 bits per heavy atom. The fourth-order valence-electron chi connectivity index (χ4n) is 3.31. The third-order valence-corrected chi connectivity index (χ3v) is 6.43. The van der Waals surface area contributed by atoms with Crippen LogP contribution in [0.25, 0.3) is 11.0 Å². The molecule has 1 aliphatic heterocycles. The largest absolute Gasteiger partial charge is 0.323 e. The molecule has 7 heteroatoms. The third-order valence-electron chi connectivity index (χ3n) is 4.51. The van der Waals surface area contributed by atoms with E-state index in [1.807, 2.05) is 31.2 Å². The van der Waals surface area contributed by atoms with Crippen molar-refractivity contribution in [1.29, 1.82) is 0 Å². The van der Waals surface area contributed by atoms with Crippen LogP contribution in [0.5, 0.6) is 0 Å². The molecule has 24 heavy (non-hydrogen) atoms. The van der Waals surface area contributed by atoms with Gasteiger partial charge in [0, 0.05) is 6.04 Å². The average Bonchev–Trinajstić information content (AvgIpc) is 2.93. The highest BCUT2D eigenvalue weighted by Gasteiger charge is 2.33. The van der Waals surface area contributed by atoms with Crippen molar-refractivity contribution in [3.63, 3.8) is 0 Å². The monoisotopic (exact) mass is 343 g/mol. The molecule has 0 bridgehead atoms. The molecule has 6 nitrogen and oxygen atoms in total. The molecule has 1 unspecified atom stereocenters. The summed E-state index contributed by atoms with van der Waals surface area (Å²) >= 11 is 0. The fraction of sp³-hybridized carbons (Fsp3) is 0.235. The predicted octanol–water partition coefficient (Wildman–Crippen LogP) is 2.39. The molecule has 124 valence electrons. The van der Waals surface area contributed by atoms with Crippen LogP contribution in [0, 0.1) is 0 Å². The Balaban J connectivity index is 1.88. The van der Waals surface area contributed by atoms with Gasteiger partial charge in [-0.25, -0.2) is 13.2 Å². The smallest absolute Gasteiger partial charge is 0.306 e. The summed E-state index contributed by atoms with van der Waals surface area (Å²) in [4.78, 5) is 16.8. The molecule has 1 atom stereocenters.